The minimum Gasteiger partial charge on any atom is -0.744 e. The topological polar surface area (TPSA) is 393 Å². The van der Waals surface area contributed by atoms with E-state index in [0.717, 1.165) is 111 Å². The van der Waals surface area contributed by atoms with E-state index in [2.05, 4.69) is 154 Å². The van der Waals surface area contributed by atoms with Crippen molar-refractivity contribution in [2.24, 2.45) is 0 Å². The Labute approximate surface area is 812 Å². The summed E-state index contributed by atoms with van der Waals surface area (Å²) in [6.45, 7) is 33.1. The Morgan fingerprint density at radius 2 is 0.808 bits per heavy atom. The molecule has 10 aromatic carbocycles. The molecule has 6 N–H and O–H groups in total. The predicted molar refractivity (Wildman–Crippen MR) is 508 cm³/mol. The van der Waals surface area contributed by atoms with Crippen LogP contribution in [0.15, 0.2) is 242 Å². The largest absolute Gasteiger partial charge is 1.00 e. The van der Waals surface area contributed by atoms with Gasteiger partial charge in [-0.1, -0.05) is 177 Å². The third-order valence-electron chi connectivity index (χ3n) is 19.9. The van der Waals surface area contributed by atoms with Gasteiger partial charge >= 0.3 is 81.3 Å². The second-order valence-electron chi connectivity index (χ2n) is 28.5. The fourth-order valence-electron chi connectivity index (χ4n) is 14.4. The maximum atomic E-state index is 12.5. The van der Waals surface area contributed by atoms with Crippen LogP contribution in [0.1, 0.15) is 136 Å². The Morgan fingerprint density at radius 1 is 0.423 bits per heavy atom. The molecular formula is C98H106N6Na2O18S6. The minimum atomic E-state index is -4.78. The van der Waals surface area contributed by atoms with Gasteiger partial charge in [0.25, 0.3) is 0 Å². The van der Waals surface area contributed by atoms with Crippen molar-refractivity contribution < 1.29 is 146 Å². The van der Waals surface area contributed by atoms with Gasteiger partial charge in [-0.15, -0.1) is 43.0 Å². The summed E-state index contributed by atoms with van der Waals surface area (Å²) in [6, 6.07) is 69.1. The Morgan fingerprint density at radius 3 is 1.20 bits per heavy atom. The summed E-state index contributed by atoms with van der Waals surface area (Å²) in [6.07, 6.45) is 7.55. The van der Waals surface area contributed by atoms with E-state index >= 15 is 0 Å². The van der Waals surface area contributed by atoms with Crippen LogP contribution in [-0.4, -0.2) is 81.7 Å². The van der Waals surface area contributed by atoms with Crippen molar-refractivity contribution in [2.75, 3.05) is 34.0 Å². The molecule has 0 saturated carbocycles. The van der Waals surface area contributed by atoms with Gasteiger partial charge in [0.1, 0.15) is 53.0 Å². The molecule has 2 aliphatic heterocycles. The molecule has 14 rings (SSSR count). The number of anilines is 6. The summed E-state index contributed by atoms with van der Waals surface area (Å²) < 4.78 is 189. The van der Waals surface area contributed by atoms with Crippen molar-refractivity contribution in [1.82, 2.24) is 0 Å². The van der Waals surface area contributed by atoms with E-state index in [4.69, 9.17) is 29.9 Å². The standard InChI is InChI=1S/C41H42N2O4S.C35H30N2O4S.C16H17N2O5S2.3C2H6.2Na.O3S.O2S/c1-7-27-19-25(5)20-28(8-2)40(27)42-31-15-17-33-36(23-31)47-37-24-32(43-41-29(9-3)21-26(6)22-30(41)10-4)16-18-34(37)39(33)35-13-11-12-14-38(35)48(44,45)46;1-21-9-7-10-22(2)34(21)36-25-15-17-27-30(19-25)41-31-20-26(37-35-23(3)11-8-12-24(35)4)16-18-28(31)33(27)29-13-5-6-14-32(29)42(38,39)40;1-17-14-8-4-12(5-9-14)3-6-13-7-10-15(18-24(2,19)20)11-16(13)25(21,22)23;3*1-2;;;1-4(2)3;1-3-2/h11-24,42H,7-10H2,1-6H3,(H,44,45,46);5-20,36H,1-4H3,(H,38,39,40);3-4,6-11,17-18H,1-2H3,(H,21,22,23);3*1-2H3;;;;/q;;-1;;;;2*+1;;/p-1. The first-order valence-electron chi connectivity index (χ1n) is 41.2. The Hall–Kier alpha value is -10.4. The smallest absolute Gasteiger partial charge is 0.744 e. The van der Waals surface area contributed by atoms with Crippen LogP contribution in [-0.2, 0) is 88.2 Å². The molecule has 0 amide bonds. The van der Waals surface area contributed by atoms with Crippen LogP contribution in [0.2, 0.25) is 0 Å². The van der Waals surface area contributed by atoms with Gasteiger partial charge in [-0.3, -0.25) is 4.72 Å². The van der Waals surface area contributed by atoms with E-state index in [-0.39, 0.29) is 80.2 Å². The molecule has 0 saturated heterocycles. The number of fused-ring (bicyclic) bond motifs is 4. The molecule has 0 atom stereocenters. The first-order chi connectivity index (χ1) is 60.9. The zero-order valence-corrected chi connectivity index (χ0v) is 85.5. The van der Waals surface area contributed by atoms with Crippen molar-refractivity contribution >= 4 is 142 Å². The molecule has 24 nitrogen and oxygen atoms in total. The molecule has 0 fully saturated rings. The van der Waals surface area contributed by atoms with Crippen LogP contribution in [0.25, 0.3) is 79.0 Å². The zero-order valence-electron chi connectivity index (χ0n) is 76.6. The van der Waals surface area contributed by atoms with Crippen LogP contribution in [0.5, 0.6) is 0 Å². The molecule has 0 bridgehead atoms. The van der Waals surface area contributed by atoms with E-state index in [0.29, 0.717) is 72.4 Å². The SMILES string of the molecule is CC.CC.CC.CCc1cc(C)cc(CC)c1Nc1ccc2c(-c3ccccc3S(=O)(=O)[O-])c3ccc(=[NH+]c4c(CC)cc(C)cc4CC)cc-3oc2c1.CNc1c[c-]c(C=Cc2ccc(NS(C)(=O)=O)cc2S(=O)(=O)[O-])cc1.Cc1cccc(C)c1Nc1ccc2c(-c3ccccc3S(=O)(=O)[O-])c3ccc(=[NH+]c4c(C)cccc4C)cc-3oc2c1.O=S(=O)=O.O=S=O.[Na+].[Na+]. The van der Waals surface area contributed by atoms with Gasteiger partial charge in [0.2, 0.25) is 32.1 Å². The van der Waals surface area contributed by atoms with Gasteiger partial charge in [0, 0.05) is 119 Å². The van der Waals surface area contributed by atoms with Crippen LogP contribution in [0, 0.1) is 47.6 Å². The van der Waals surface area contributed by atoms with Gasteiger partial charge in [-0.25, -0.2) is 43.7 Å². The monoisotopic (exact) mass is 1890 g/mol. The van der Waals surface area contributed by atoms with E-state index in [1.807, 2.05) is 133 Å². The fourth-order valence-corrected chi connectivity index (χ4v) is 17.0. The third kappa shape index (κ3) is 29.6. The van der Waals surface area contributed by atoms with E-state index in [1.54, 1.807) is 61.7 Å². The Balaban J connectivity index is 0.000000333. The van der Waals surface area contributed by atoms with Crippen LogP contribution < -0.4 is 100 Å². The van der Waals surface area contributed by atoms with E-state index in [1.165, 1.54) is 63.7 Å². The maximum Gasteiger partial charge on any atom is 1.00 e. The Bertz CT molecular complexity index is 7010. The Kier molecular flexibility index (Phi) is 43.1. The molecule has 4 aliphatic rings. The second kappa shape index (κ2) is 50.9. The number of aryl methyl sites for hydroxylation is 10. The van der Waals surface area contributed by atoms with Crippen molar-refractivity contribution in [3.05, 3.63) is 302 Å². The first-order valence-corrected chi connectivity index (χ1v) is 49.0. The number of sulfonamides is 1. The summed E-state index contributed by atoms with van der Waals surface area (Å²) >= 11 is -0.750. The summed E-state index contributed by atoms with van der Waals surface area (Å²) in [5.74, 6) is 1.12. The van der Waals surface area contributed by atoms with Crippen molar-refractivity contribution in [2.45, 2.75) is 151 Å². The average Bonchev–Trinajstić information content (AvgIpc) is 0.745. The number of rotatable bonds is 20. The second-order valence-corrected chi connectivity index (χ2v) is 34.9. The molecule has 0 aromatic heterocycles. The number of hydrogen-bond acceptors (Lipinski definition) is 21. The molecule has 674 valence electrons. The van der Waals surface area contributed by atoms with Crippen molar-refractivity contribution in [1.29, 1.82) is 0 Å². The van der Waals surface area contributed by atoms with Crippen LogP contribution in [0.4, 0.5) is 45.5 Å². The van der Waals surface area contributed by atoms with Gasteiger partial charge < -0.3 is 38.4 Å². The molecule has 130 heavy (non-hydrogen) atoms. The van der Waals surface area contributed by atoms with Crippen LogP contribution >= 0.6 is 0 Å². The molecule has 2 heterocycles. The van der Waals surface area contributed by atoms with Crippen LogP contribution in [0.3, 0.4) is 0 Å². The normalized spacial score (nSPS) is 11.3. The maximum absolute atomic E-state index is 12.5. The number of para-hydroxylation sites is 2. The zero-order chi connectivity index (χ0) is 94.7. The van der Waals surface area contributed by atoms with Gasteiger partial charge in [-0.2, -0.15) is 14.0 Å². The molecule has 0 unspecified atom stereocenters. The third-order valence-corrected chi connectivity index (χ3v) is 23.2. The number of hydrogen-bond donors (Lipinski definition) is 6. The predicted octanol–water partition coefficient (Wildman–Crippen LogP) is 11.8. The summed E-state index contributed by atoms with van der Waals surface area (Å²) in [5.41, 5.74) is 23.9. The van der Waals surface area contributed by atoms with E-state index in [9.17, 15) is 47.3 Å². The fraction of sp³-hybridized carbons (Fsp3) is 0.224. The van der Waals surface area contributed by atoms with Gasteiger partial charge in [0.15, 0.2) is 0 Å². The first kappa shape index (κ1) is 110. The number of nitrogens with one attached hydrogen (secondary N) is 6. The molecule has 32 heteroatoms. The molecular weight excluding hydrogens is 1790 g/mol. The molecule has 10 aromatic rings. The number of benzene rings is 12. The van der Waals surface area contributed by atoms with Crippen molar-refractivity contribution in [3.63, 3.8) is 0 Å². The molecule has 0 radical (unpaired) electrons. The average molecular weight is 1890 g/mol. The summed E-state index contributed by atoms with van der Waals surface area (Å²) in [5, 5.41) is 13.2. The minimum absolute atomic E-state index is 0. The van der Waals surface area contributed by atoms with Crippen molar-refractivity contribution in [3.8, 4) is 44.9 Å². The quantitative estimate of drug-likeness (QED) is 0.0136. The summed E-state index contributed by atoms with van der Waals surface area (Å²) in [7, 11) is -19.2. The van der Waals surface area contributed by atoms with Gasteiger partial charge in [0.05, 0.1) is 33.1 Å². The molecule has 2 aliphatic carbocycles. The van der Waals surface area contributed by atoms with Gasteiger partial charge in [-0.05, 0) is 181 Å². The molecule has 0 spiro atoms. The van der Waals surface area contributed by atoms with E-state index < -0.39 is 67.5 Å². The summed E-state index contributed by atoms with van der Waals surface area (Å²) in [4.78, 5) is 6.13.